The number of aromatic nitrogens is 1. The number of rotatable bonds is 4. The van der Waals surface area contributed by atoms with Gasteiger partial charge in [-0.25, -0.2) is 0 Å². The second kappa shape index (κ2) is 7.80. The van der Waals surface area contributed by atoms with Crippen molar-refractivity contribution < 1.29 is 9.90 Å². The number of carbonyl (C=O) groups is 1. The third-order valence-corrected chi connectivity index (χ3v) is 5.70. The molecule has 1 aromatic carbocycles. The summed E-state index contributed by atoms with van der Waals surface area (Å²) in [6, 6.07) is 7.61. The van der Waals surface area contributed by atoms with Crippen LogP contribution in [0.25, 0.3) is 10.8 Å². The molecular weight excluding hydrogens is 344 g/mol. The summed E-state index contributed by atoms with van der Waals surface area (Å²) in [7, 11) is 0. The Balaban J connectivity index is 1.44. The van der Waals surface area contributed by atoms with Gasteiger partial charge >= 0.3 is 0 Å². The number of nitrogens with zero attached hydrogens (tertiary/aromatic N) is 3. The van der Waals surface area contributed by atoms with Crippen molar-refractivity contribution >= 4 is 16.7 Å². The Morgan fingerprint density at radius 1 is 1.04 bits per heavy atom. The van der Waals surface area contributed by atoms with Crippen molar-refractivity contribution in [2.75, 3.05) is 52.4 Å². The minimum atomic E-state index is -0.0510. The highest BCUT2D eigenvalue weighted by molar-refractivity contribution is 5.86. The number of benzene rings is 1. The molecule has 1 saturated heterocycles. The number of aliphatic hydroxyl groups is 1. The average molecular weight is 370 g/mol. The average Bonchev–Trinajstić information content (AvgIpc) is 2.70. The molecule has 0 radical (unpaired) electrons. The summed E-state index contributed by atoms with van der Waals surface area (Å²) < 4.78 is 0. The van der Waals surface area contributed by atoms with Crippen LogP contribution in [-0.4, -0.2) is 83.1 Å². The van der Waals surface area contributed by atoms with Gasteiger partial charge in [-0.05, 0) is 17.0 Å². The van der Waals surface area contributed by atoms with Crippen LogP contribution in [0.1, 0.15) is 11.3 Å². The van der Waals surface area contributed by atoms with Crippen LogP contribution in [0.15, 0.2) is 29.1 Å². The lowest BCUT2D eigenvalue weighted by Crippen LogP contribution is -2.51. The molecule has 2 N–H and O–H groups in total. The van der Waals surface area contributed by atoms with Crippen molar-refractivity contribution in [1.29, 1.82) is 0 Å². The van der Waals surface area contributed by atoms with Crippen molar-refractivity contribution in [1.82, 2.24) is 19.7 Å². The fourth-order valence-corrected chi connectivity index (χ4v) is 4.11. The van der Waals surface area contributed by atoms with E-state index in [-0.39, 0.29) is 18.1 Å². The van der Waals surface area contributed by atoms with E-state index in [1.165, 1.54) is 0 Å². The van der Waals surface area contributed by atoms with E-state index in [1.54, 1.807) is 0 Å². The number of hydrogen-bond acceptors (Lipinski definition) is 5. The highest BCUT2D eigenvalue weighted by Gasteiger charge is 2.26. The fraction of sp³-hybridized carbons (Fsp3) is 0.500. The van der Waals surface area contributed by atoms with Crippen LogP contribution in [0.4, 0.5) is 0 Å². The Morgan fingerprint density at radius 2 is 1.74 bits per heavy atom. The number of amides is 1. The van der Waals surface area contributed by atoms with Gasteiger partial charge in [0.1, 0.15) is 0 Å². The number of pyridine rings is 1. The third kappa shape index (κ3) is 3.76. The molecule has 2 aliphatic rings. The van der Waals surface area contributed by atoms with Crippen LogP contribution in [0, 0.1) is 0 Å². The van der Waals surface area contributed by atoms with Gasteiger partial charge in [0.05, 0.1) is 13.2 Å². The zero-order valence-electron chi connectivity index (χ0n) is 15.5. The zero-order chi connectivity index (χ0) is 18.8. The fourth-order valence-electron chi connectivity index (χ4n) is 4.11. The van der Waals surface area contributed by atoms with E-state index in [0.29, 0.717) is 38.0 Å². The molecule has 7 nitrogen and oxygen atoms in total. The molecule has 1 fully saturated rings. The summed E-state index contributed by atoms with van der Waals surface area (Å²) >= 11 is 0. The molecular formula is C20H26N4O3. The molecule has 144 valence electrons. The van der Waals surface area contributed by atoms with Crippen LogP contribution in [0.3, 0.4) is 0 Å². The van der Waals surface area contributed by atoms with Crippen LogP contribution in [0.2, 0.25) is 0 Å². The molecule has 2 aromatic rings. The van der Waals surface area contributed by atoms with Gasteiger partial charge in [0.25, 0.3) is 5.56 Å². The molecule has 0 aliphatic carbocycles. The van der Waals surface area contributed by atoms with Crippen molar-refractivity contribution in [2.45, 2.75) is 13.0 Å². The number of aliphatic hydroxyl groups excluding tert-OH is 1. The molecule has 1 amide bonds. The Labute approximate surface area is 158 Å². The summed E-state index contributed by atoms with van der Waals surface area (Å²) in [4.78, 5) is 34.4. The zero-order valence-corrected chi connectivity index (χ0v) is 15.5. The lowest BCUT2D eigenvalue weighted by molar-refractivity contribution is -0.133. The second-order valence-electron chi connectivity index (χ2n) is 7.36. The number of aromatic amines is 1. The number of H-pyrrole nitrogens is 1. The van der Waals surface area contributed by atoms with Gasteiger partial charge in [0.15, 0.2) is 0 Å². The first-order chi connectivity index (χ1) is 13.2. The largest absolute Gasteiger partial charge is 0.395 e. The van der Waals surface area contributed by atoms with E-state index in [9.17, 15) is 9.59 Å². The van der Waals surface area contributed by atoms with Crippen LogP contribution in [0.5, 0.6) is 0 Å². The number of nitrogens with one attached hydrogen (secondary N) is 1. The Kier molecular flexibility index (Phi) is 5.24. The molecule has 0 saturated carbocycles. The SMILES string of the molecule is O=C(CN1CCN(CCO)CC1)N1CCc2[nH]c(=O)c3ccccc3c2C1. The van der Waals surface area contributed by atoms with Crippen molar-refractivity contribution in [3.8, 4) is 0 Å². The highest BCUT2D eigenvalue weighted by atomic mass is 16.3. The van der Waals surface area contributed by atoms with Crippen molar-refractivity contribution in [3.63, 3.8) is 0 Å². The molecule has 4 rings (SSSR count). The molecule has 0 bridgehead atoms. The second-order valence-corrected chi connectivity index (χ2v) is 7.36. The van der Waals surface area contributed by atoms with Gasteiger partial charge < -0.3 is 15.0 Å². The van der Waals surface area contributed by atoms with E-state index in [0.717, 1.165) is 42.8 Å². The van der Waals surface area contributed by atoms with Gasteiger partial charge in [0.2, 0.25) is 5.91 Å². The molecule has 0 spiro atoms. The van der Waals surface area contributed by atoms with E-state index in [4.69, 9.17) is 5.11 Å². The minimum Gasteiger partial charge on any atom is -0.395 e. The number of fused-ring (bicyclic) bond motifs is 3. The molecule has 7 heteroatoms. The molecule has 1 aromatic heterocycles. The van der Waals surface area contributed by atoms with E-state index in [2.05, 4.69) is 14.8 Å². The van der Waals surface area contributed by atoms with Gasteiger partial charge in [-0.15, -0.1) is 0 Å². The lowest BCUT2D eigenvalue weighted by atomic mass is 9.99. The van der Waals surface area contributed by atoms with Crippen molar-refractivity contribution in [2.24, 2.45) is 0 Å². The maximum atomic E-state index is 12.8. The van der Waals surface area contributed by atoms with E-state index < -0.39 is 0 Å². The molecule has 0 atom stereocenters. The highest BCUT2D eigenvalue weighted by Crippen LogP contribution is 2.24. The monoisotopic (exact) mass is 370 g/mol. The van der Waals surface area contributed by atoms with Crippen LogP contribution in [-0.2, 0) is 17.8 Å². The standard InChI is InChI=1S/C20H26N4O3/c25-12-11-22-7-9-23(10-8-22)14-19(26)24-6-5-18-17(13-24)15-3-1-2-4-16(15)20(27)21-18/h1-4,25H,5-14H2,(H,21,27). The Morgan fingerprint density at radius 3 is 2.48 bits per heavy atom. The van der Waals surface area contributed by atoms with Crippen molar-refractivity contribution in [3.05, 3.63) is 45.9 Å². The molecule has 2 aliphatic heterocycles. The van der Waals surface area contributed by atoms with Gasteiger partial charge in [0, 0.05) is 63.3 Å². The molecule has 0 unspecified atom stereocenters. The number of carbonyl (C=O) groups excluding carboxylic acids is 1. The van der Waals surface area contributed by atoms with Crippen LogP contribution < -0.4 is 5.56 Å². The maximum absolute atomic E-state index is 12.8. The predicted octanol–water partition coefficient (Wildman–Crippen LogP) is 0.0227. The van der Waals surface area contributed by atoms with Gasteiger partial charge in [-0.3, -0.25) is 19.4 Å². The normalized spacial score (nSPS) is 18.6. The smallest absolute Gasteiger partial charge is 0.256 e. The summed E-state index contributed by atoms with van der Waals surface area (Å²) in [5.41, 5.74) is 1.97. The number of piperazine rings is 1. The summed E-state index contributed by atoms with van der Waals surface area (Å²) in [5, 5.41) is 10.7. The third-order valence-electron chi connectivity index (χ3n) is 5.70. The summed E-state index contributed by atoms with van der Waals surface area (Å²) in [6.45, 7) is 6.01. The topological polar surface area (TPSA) is 79.9 Å². The van der Waals surface area contributed by atoms with Crippen LogP contribution >= 0.6 is 0 Å². The first kappa shape index (κ1) is 18.2. The Bertz CT molecular complexity index is 886. The first-order valence-electron chi connectivity index (χ1n) is 9.62. The minimum absolute atomic E-state index is 0.0510. The molecule has 3 heterocycles. The number of hydrogen-bond donors (Lipinski definition) is 2. The first-order valence-corrected chi connectivity index (χ1v) is 9.62. The number of β-amino-alcohol motifs (C(OH)–C–C–N with tert-alkyl or cyclic N) is 1. The maximum Gasteiger partial charge on any atom is 0.256 e. The quantitative estimate of drug-likeness (QED) is 0.793. The molecule has 27 heavy (non-hydrogen) atoms. The van der Waals surface area contributed by atoms with E-state index >= 15 is 0 Å². The summed E-state index contributed by atoms with van der Waals surface area (Å²) in [6.07, 6.45) is 0.686. The van der Waals surface area contributed by atoms with E-state index in [1.807, 2.05) is 29.2 Å². The lowest BCUT2D eigenvalue weighted by Gasteiger charge is -2.36. The summed E-state index contributed by atoms with van der Waals surface area (Å²) in [5.74, 6) is 0.145. The van der Waals surface area contributed by atoms with Gasteiger partial charge in [-0.1, -0.05) is 18.2 Å². The predicted molar refractivity (Wildman–Crippen MR) is 104 cm³/mol. The Hall–Kier alpha value is -2.22. The van der Waals surface area contributed by atoms with Gasteiger partial charge in [-0.2, -0.15) is 0 Å².